The summed E-state index contributed by atoms with van der Waals surface area (Å²) in [6.07, 6.45) is 32.9. The number of ether oxygens (including phenoxy) is 2. The lowest BCUT2D eigenvalue weighted by Gasteiger charge is -2.24. The highest BCUT2D eigenvalue weighted by Crippen LogP contribution is 2.16. The predicted octanol–water partition coefficient (Wildman–Crippen LogP) is 10.7. The third kappa shape index (κ3) is 28.0. The monoisotopic (exact) mass is 635 g/mol. The van der Waals surface area contributed by atoms with E-state index in [-0.39, 0.29) is 25.0 Å². The minimum atomic E-state index is -1.25. The molecule has 6 nitrogen and oxygen atoms in total. The average Bonchev–Trinajstić information content (AvgIpc) is 3.03. The molecule has 262 valence electrons. The summed E-state index contributed by atoms with van der Waals surface area (Å²) in [6.45, 7) is 5.77. The van der Waals surface area contributed by atoms with Crippen LogP contribution < -0.4 is 0 Å². The summed E-state index contributed by atoms with van der Waals surface area (Å²) >= 11 is 0. The van der Waals surface area contributed by atoms with Crippen LogP contribution in [0.25, 0.3) is 0 Å². The van der Waals surface area contributed by atoms with Gasteiger partial charge in [0.1, 0.15) is 0 Å². The van der Waals surface area contributed by atoms with E-state index in [4.69, 9.17) is 9.47 Å². The van der Waals surface area contributed by atoms with Crippen LogP contribution >= 0.6 is 0 Å². The van der Waals surface area contributed by atoms with Crippen molar-refractivity contribution < 1.29 is 29.0 Å². The maximum Gasteiger partial charge on any atom is 0.306 e. The zero-order valence-electron chi connectivity index (χ0n) is 29.5. The second-order valence-corrected chi connectivity index (χ2v) is 12.6. The lowest BCUT2D eigenvalue weighted by molar-refractivity contribution is -0.175. The predicted molar refractivity (Wildman–Crippen MR) is 187 cm³/mol. The van der Waals surface area contributed by atoms with Crippen LogP contribution in [0.2, 0.25) is 0 Å². The Balaban J connectivity index is 4.24. The zero-order valence-corrected chi connectivity index (χ0v) is 29.5. The van der Waals surface area contributed by atoms with Crippen LogP contribution in [-0.4, -0.2) is 41.6 Å². The zero-order chi connectivity index (χ0) is 33.2. The average molecular weight is 635 g/mol. The van der Waals surface area contributed by atoms with Gasteiger partial charge in [-0.3, -0.25) is 14.4 Å². The van der Waals surface area contributed by atoms with Crippen LogP contribution in [0, 0.1) is 0 Å². The number of Topliss-reactive ketones (excluding diaryl/α,β-unsaturated/α-hetero) is 1. The van der Waals surface area contributed by atoms with Crippen molar-refractivity contribution in [2.75, 3.05) is 6.61 Å². The summed E-state index contributed by atoms with van der Waals surface area (Å²) in [6, 6.07) is 0. The molecule has 0 aliphatic rings. The van der Waals surface area contributed by atoms with E-state index in [1.807, 2.05) is 6.92 Å². The van der Waals surface area contributed by atoms with Crippen LogP contribution in [0.4, 0.5) is 0 Å². The number of unbranched alkanes of at least 4 members (excludes halogenated alkanes) is 18. The number of aliphatic hydroxyl groups is 1. The third-order valence-corrected chi connectivity index (χ3v) is 8.16. The fraction of sp³-hybridized carbons (Fsp3) is 0.821. The van der Waals surface area contributed by atoms with E-state index in [0.717, 1.165) is 64.2 Å². The van der Waals surface area contributed by atoms with Crippen molar-refractivity contribution in [3.8, 4) is 0 Å². The molecule has 2 unspecified atom stereocenters. The number of carbonyl (C=O) groups is 3. The highest BCUT2D eigenvalue weighted by Gasteiger charge is 2.33. The molecule has 0 aromatic heterocycles. The Hall–Kier alpha value is -1.95. The molecule has 0 aromatic carbocycles. The standard InChI is InChI=1S/C39H70O6/c1-4-7-9-11-13-15-17-19-21-23-25-27-29-32-37(42)44-36(34-40)39(35(41)31-6-3)45-38(43)33-30-28-26-24-22-20-18-16-14-12-10-8-5-2/h15-18,36,39-40H,4-14,19-34H2,1-3H3/b17-15-,18-16-. The lowest BCUT2D eigenvalue weighted by Crippen LogP contribution is -2.43. The van der Waals surface area contributed by atoms with Crippen LogP contribution in [0.5, 0.6) is 0 Å². The lowest BCUT2D eigenvalue weighted by atomic mass is 10.0. The number of rotatable bonds is 33. The number of aliphatic hydroxyl groups excluding tert-OH is 1. The van der Waals surface area contributed by atoms with Gasteiger partial charge in [0.2, 0.25) is 0 Å². The van der Waals surface area contributed by atoms with Gasteiger partial charge in [-0.15, -0.1) is 0 Å². The number of hydrogen-bond donors (Lipinski definition) is 1. The molecule has 6 heteroatoms. The Bertz CT molecular complexity index is 759. The molecule has 0 aliphatic carbocycles. The van der Waals surface area contributed by atoms with Crippen LogP contribution in [-0.2, 0) is 23.9 Å². The maximum atomic E-state index is 12.7. The van der Waals surface area contributed by atoms with Crippen LogP contribution in [0.15, 0.2) is 24.3 Å². The number of hydrogen-bond acceptors (Lipinski definition) is 6. The number of esters is 2. The SMILES string of the molecule is CCCCCC/C=C\CCCCCCCC(=O)OC(CO)C(OC(=O)CCCCCCC/C=C\CCCCCC)C(=O)CCC. The van der Waals surface area contributed by atoms with Gasteiger partial charge in [-0.25, -0.2) is 0 Å². The smallest absolute Gasteiger partial charge is 0.306 e. The number of allylic oxidation sites excluding steroid dienone is 4. The fourth-order valence-electron chi connectivity index (χ4n) is 5.33. The largest absolute Gasteiger partial charge is 0.455 e. The molecule has 0 spiro atoms. The van der Waals surface area contributed by atoms with E-state index in [1.165, 1.54) is 64.2 Å². The van der Waals surface area contributed by atoms with Gasteiger partial charge in [-0.2, -0.15) is 0 Å². The molecule has 0 bridgehead atoms. The van der Waals surface area contributed by atoms with E-state index < -0.39 is 30.8 Å². The Morgan fingerprint density at radius 2 is 0.867 bits per heavy atom. The second kappa shape index (κ2) is 33.4. The molecule has 0 heterocycles. The summed E-state index contributed by atoms with van der Waals surface area (Å²) in [5, 5.41) is 9.93. The summed E-state index contributed by atoms with van der Waals surface area (Å²) < 4.78 is 11.0. The van der Waals surface area contributed by atoms with Crippen molar-refractivity contribution in [2.24, 2.45) is 0 Å². The van der Waals surface area contributed by atoms with Crippen molar-refractivity contribution in [1.29, 1.82) is 0 Å². The molecule has 0 aromatic rings. The van der Waals surface area contributed by atoms with Crippen molar-refractivity contribution >= 4 is 17.7 Å². The molecule has 0 saturated carbocycles. The topological polar surface area (TPSA) is 89.9 Å². The van der Waals surface area contributed by atoms with Gasteiger partial charge < -0.3 is 14.6 Å². The molecule has 0 amide bonds. The van der Waals surface area contributed by atoms with Gasteiger partial charge in [0.05, 0.1) is 6.61 Å². The van der Waals surface area contributed by atoms with Gasteiger partial charge >= 0.3 is 11.9 Å². The third-order valence-electron chi connectivity index (χ3n) is 8.16. The minimum Gasteiger partial charge on any atom is -0.455 e. The Kier molecular flexibility index (Phi) is 32.0. The van der Waals surface area contributed by atoms with Gasteiger partial charge in [0.15, 0.2) is 18.0 Å². The molecular weight excluding hydrogens is 564 g/mol. The van der Waals surface area contributed by atoms with Crippen LogP contribution in [0.1, 0.15) is 188 Å². The number of carbonyl (C=O) groups excluding carboxylic acids is 3. The highest BCUT2D eigenvalue weighted by atomic mass is 16.6. The Morgan fingerprint density at radius 1 is 0.489 bits per heavy atom. The molecule has 0 radical (unpaired) electrons. The highest BCUT2D eigenvalue weighted by molar-refractivity contribution is 5.86. The quantitative estimate of drug-likeness (QED) is 0.0439. The number of ketones is 1. The van der Waals surface area contributed by atoms with Crippen molar-refractivity contribution in [3.63, 3.8) is 0 Å². The van der Waals surface area contributed by atoms with E-state index in [0.29, 0.717) is 19.3 Å². The molecular formula is C39H70O6. The van der Waals surface area contributed by atoms with Gasteiger partial charge in [-0.05, 0) is 70.6 Å². The van der Waals surface area contributed by atoms with E-state index in [1.54, 1.807) is 0 Å². The first-order valence-electron chi connectivity index (χ1n) is 18.8. The van der Waals surface area contributed by atoms with Crippen LogP contribution in [0.3, 0.4) is 0 Å². The Labute approximate surface area is 277 Å². The van der Waals surface area contributed by atoms with Crippen molar-refractivity contribution in [3.05, 3.63) is 24.3 Å². The van der Waals surface area contributed by atoms with E-state index in [2.05, 4.69) is 38.2 Å². The van der Waals surface area contributed by atoms with E-state index >= 15 is 0 Å². The molecule has 0 fully saturated rings. The van der Waals surface area contributed by atoms with Gasteiger partial charge in [0.25, 0.3) is 0 Å². The first-order valence-corrected chi connectivity index (χ1v) is 18.8. The first-order chi connectivity index (χ1) is 22.0. The summed E-state index contributed by atoms with van der Waals surface area (Å²) in [5.41, 5.74) is 0. The first kappa shape index (κ1) is 43.0. The molecule has 0 rings (SSSR count). The summed E-state index contributed by atoms with van der Waals surface area (Å²) in [4.78, 5) is 37.8. The maximum absolute atomic E-state index is 12.7. The van der Waals surface area contributed by atoms with Gasteiger partial charge in [-0.1, -0.05) is 122 Å². The van der Waals surface area contributed by atoms with Crippen molar-refractivity contribution in [2.45, 2.75) is 200 Å². The molecule has 45 heavy (non-hydrogen) atoms. The minimum absolute atomic E-state index is 0.202. The summed E-state index contributed by atoms with van der Waals surface area (Å²) in [7, 11) is 0. The molecule has 1 N–H and O–H groups in total. The Morgan fingerprint density at radius 3 is 1.27 bits per heavy atom. The molecule has 0 aliphatic heterocycles. The van der Waals surface area contributed by atoms with Gasteiger partial charge in [0, 0.05) is 19.3 Å². The van der Waals surface area contributed by atoms with E-state index in [9.17, 15) is 19.5 Å². The fourth-order valence-corrected chi connectivity index (χ4v) is 5.33. The molecule has 2 atom stereocenters. The van der Waals surface area contributed by atoms with Crippen molar-refractivity contribution in [1.82, 2.24) is 0 Å². The normalized spacial score (nSPS) is 13.0. The second-order valence-electron chi connectivity index (χ2n) is 12.6. The molecule has 0 saturated heterocycles. The summed E-state index contributed by atoms with van der Waals surface area (Å²) in [5.74, 6) is -1.25.